The van der Waals surface area contributed by atoms with Crippen molar-refractivity contribution < 1.29 is 4.79 Å². The van der Waals surface area contributed by atoms with Crippen LogP contribution in [0.2, 0.25) is 0 Å². The van der Waals surface area contributed by atoms with Gasteiger partial charge in [-0.1, -0.05) is 42.5 Å². The summed E-state index contributed by atoms with van der Waals surface area (Å²) in [7, 11) is 0. The molecule has 0 atom stereocenters. The summed E-state index contributed by atoms with van der Waals surface area (Å²) in [4.78, 5) is 27.7. The molecule has 1 fully saturated rings. The van der Waals surface area contributed by atoms with Crippen molar-refractivity contribution in [3.8, 4) is 0 Å². The van der Waals surface area contributed by atoms with Gasteiger partial charge in [0, 0.05) is 28.9 Å². The lowest BCUT2D eigenvalue weighted by atomic mass is 9.96. The smallest absolute Gasteiger partial charge is 0.267 e. The molecule has 2 aromatic carbocycles. The molecule has 1 saturated carbocycles. The van der Waals surface area contributed by atoms with Crippen LogP contribution in [-0.4, -0.2) is 17.4 Å². The van der Waals surface area contributed by atoms with E-state index in [0.717, 1.165) is 12.8 Å². The van der Waals surface area contributed by atoms with Crippen LogP contribution in [0, 0.1) is 0 Å². The predicted molar refractivity (Wildman–Crippen MR) is 94.3 cm³/mol. The normalized spacial score (nSPS) is 15.2. The second-order valence-corrected chi connectivity index (χ2v) is 6.42. The van der Waals surface area contributed by atoms with Gasteiger partial charge in [0.25, 0.3) is 5.91 Å². The van der Waals surface area contributed by atoms with Gasteiger partial charge in [0.1, 0.15) is 5.69 Å². The van der Waals surface area contributed by atoms with E-state index in [1.165, 1.54) is 11.6 Å². The van der Waals surface area contributed by atoms with Crippen LogP contribution in [0.4, 0.5) is 0 Å². The van der Waals surface area contributed by atoms with Crippen LogP contribution in [0.15, 0.2) is 65.5 Å². The minimum absolute atomic E-state index is 0.0497. The van der Waals surface area contributed by atoms with Crippen molar-refractivity contribution in [1.82, 2.24) is 10.3 Å². The lowest BCUT2D eigenvalue weighted by molar-refractivity contribution is 0.0945. The van der Waals surface area contributed by atoms with Crippen molar-refractivity contribution in [3.05, 3.63) is 82.1 Å². The molecule has 1 aliphatic rings. The molecular weight excluding hydrogens is 300 g/mol. The highest BCUT2D eigenvalue weighted by molar-refractivity contribution is 5.94. The summed E-state index contributed by atoms with van der Waals surface area (Å²) in [5.74, 6) is -0.236. The van der Waals surface area contributed by atoms with Gasteiger partial charge in [-0.15, -0.1) is 0 Å². The maximum Gasteiger partial charge on any atom is 0.267 e. The van der Waals surface area contributed by atoms with E-state index in [9.17, 15) is 9.59 Å². The highest BCUT2D eigenvalue weighted by atomic mass is 16.2. The Balaban J connectivity index is 1.54. The molecule has 4 heteroatoms. The summed E-state index contributed by atoms with van der Waals surface area (Å²) < 4.78 is 0. The zero-order valence-corrected chi connectivity index (χ0v) is 13.2. The van der Waals surface area contributed by atoms with Crippen LogP contribution in [0.25, 0.3) is 10.9 Å². The standard InChI is InChI=1S/C20H18N2O2/c23-18-12-17(22-16-9-5-4-8-15(16)18)19(24)21-13-20(10-11-20)14-6-2-1-3-7-14/h1-9,12H,10-11,13H2,(H,21,24)(H,22,23). The Labute approximate surface area is 139 Å². The number of pyridine rings is 1. The fourth-order valence-corrected chi connectivity index (χ4v) is 3.17. The van der Waals surface area contributed by atoms with Crippen LogP contribution in [0.5, 0.6) is 0 Å². The Bertz CT molecular complexity index is 956. The number of amides is 1. The van der Waals surface area contributed by atoms with E-state index in [1.807, 2.05) is 30.3 Å². The third-order valence-electron chi connectivity index (χ3n) is 4.81. The number of carbonyl (C=O) groups excluding carboxylic acids is 1. The van der Waals surface area contributed by atoms with Crippen LogP contribution in [0.3, 0.4) is 0 Å². The quantitative estimate of drug-likeness (QED) is 0.777. The SMILES string of the molecule is O=C(NCC1(c2ccccc2)CC1)c1cc(=O)c2ccccc2[nH]1. The number of aromatic nitrogens is 1. The summed E-state index contributed by atoms with van der Waals surface area (Å²) in [5.41, 5.74) is 2.16. The van der Waals surface area contributed by atoms with Gasteiger partial charge in [0.15, 0.2) is 5.43 Å². The molecular formula is C20H18N2O2. The molecule has 3 aromatic rings. The molecule has 0 unspecified atom stereocenters. The first-order valence-corrected chi connectivity index (χ1v) is 8.14. The Morgan fingerprint density at radius 2 is 1.75 bits per heavy atom. The number of benzene rings is 2. The molecule has 0 aliphatic heterocycles. The third-order valence-corrected chi connectivity index (χ3v) is 4.81. The van der Waals surface area contributed by atoms with Gasteiger partial charge in [0.2, 0.25) is 0 Å². The maximum absolute atomic E-state index is 12.5. The number of hydrogen-bond acceptors (Lipinski definition) is 2. The van der Waals surface area contributed by atoms with Gasteiger partial charge in [-0.25, -0.2) is 0 Å². The molecule has 24 heavy (non-hydrogen) atoms. The Morgan fingerprint density at radius 3 is 2.50 bits per heavy atom. The average molecular weight is 318 g/mol. The molecule has 0 saturated heterocycles. The van der Waals surface area contributed by atoms with E-state index in [2.05, 4.69) is 22.4 Å². The fourth-order valence-electron chi connectivity index (χ4n) is 3.17. The van der Waals surface area contributed by atoms with Gasteiger partial charge in [0.05, 0.1) is 0 Å². The van der Waals surface area contributed by atoms with Crippen molar-refractivity contribution >= 4 is 16.8 Å². The maximum atomic E-state index is 12.5. The summed E-state index contributed by atoms with van der Waals surface area (Å²) in [5, 5.41) is 3.58. The van der Waals surface area contributed by atoms with Gasteiger partial charge in [-0.2, -0.15) is 0 Å². The van der Waals surface area contributed by atoms with Gasteiger partial charge >= 0.3 is 0 Å². The number of para-hydroxylation sites is 1. The topological polar surface area (TPSA) is 62.0 Å². The predicted octanol–water partition coefficient (Wildman–Crippen LogP) is 2.99. The second kappa shape index (κ2) is 5.64. The highest BCUT2D eigenvalue weighted by Crippen LogP contribution is 2.47. The van der Waals surface area contributed by atoms with Crippen LogP contribution in [-0.2, 0) is 5.41 Å². The number of hydrogen-bond donors (Lipinski definition) is 2. The van der Waals surface area contributed by atoms with Crippen LogP contribution in [0.1, 0.15) is 28.9 Å². The number of nitrogens with one attached hydrogen (secondary N) is 2. The van der Waals surface area contributed by atoms with E-state index in [1.54, 1.807) is 12.1 Å². The van der Waals surface area contributed by atoms with Crippen LogP contribution >= 0.6 is 0 Å². The van der Waals surface area contributed by atoms with Crippen molar-refractivity contribution in [3.63, 3.8) is 0 Å². The number of aromatic amines is 1. The molecule has 0 spiro atoms. The van der Waals surface area contributed by atoms with E-state index in [0.29, 0.717) is 23.1 Å². The highest BCUT2D eigenvalue weighted by Gasteiger charge is 2.44. The molecule has 1 aliphatic carbocycles. The molecule has 1 heterocycles. The molecule has 0 bridgehead atoms. The summed E-state index contributed by atoms with van der Waals surface area (Å²) >= 11 is 0. The van der Waals surface area contributed by atoms with E-state index < -0.39 is 0 Å². The zero-order valence-electron chi connectivity index (χ0n) is 13.2. The van der Waals surface area contributed by atoms with Gasteiger partial charge < -0.3 is 10.3 Å². The molecule has 4 nitrogen and oxygen atoms in total. The van der Waals surface area contributed by atoms with E-state index >= 15 is 0 Å². The number of rotatable bonds is 4. The first kappa shape index (κ1) is 14.7. The largest absolute Gasteiger partial charge is 0.350 e. The Morgan fingerprint density at radius 1 is 1.04 bits per heavy atom. The lowest BCUT2D eigenvalue weighted by Crippen LogP contribution is -2.33. The molecule has 0 radical (unpaired) electrons. The lowest BCUT2D eigenvalue weighted by Gasteiger charge is -2.16. The molecule has 4 rings (SSSR count). The van der Waals surface area contributed by atoms with Crippen molar-refractivity contribution in [2.75, 3.05) is 6.54 Å². The number of carbonyl (C=O) groups is 1. The first-order chi connectivity index (χ1) is 11.7. The fraction of sp³-hybridized carbons (Fsp3) is 0.200. The van der Waals surface area contributed by atoms with E-state index in [-0.39, 0.29) is 16.8 Å². The molecule has 1 aromatic heterocycles. The minimum Gasteiger partial charge on any atom is -0.350 e. The van der Waals surface area contributed by atoms with Gasteiger partial charge in [-0.3, -0.25) is 9.59 Å². The van der Waals surface area contributed by atoms with E-state index in [4.69, 9.17) is 0 Å². The average Bonchev–Trinajstić information content (AvgIpc) is 3.42. The summed E-state index contributed by atoms with van der Waals surface area (Å²) in [6.45, 7) is 0.588. The molecule has 1 amide bonds. The number of H-pyrrole nitrogens is 1. The zero-order chi connectivity index (χ0) is 16.6. The first-order valence-electron chi connectivity index (χ1n) is 8.14. The second-order valence-electron chi connectivity index (χ2n) is 6.42. The van der Waals surface area contributed by atoms with Crippen LogP contribution < -0.4 is 10.7 Å². The minimum atomic E-state index is -0.236. The Hall–Kier alpha value is -2.88. The van der Waals surface area contributed by atoms with Gasteiger partial charge in [-0.05, 0) is 30.5 Å². The summed E-state index contributed by atoms with van der Waals surface area (Å²) in [6, 6.07) is 18.9. The number of fused-ring (bicyclic) bond motifs is 1. The van der Waals surface area contributed by atoms with Crippen molar-refractivity contribution in [2.45, 2.75) is 18.3 Å². The summed E-state index contributed by atoms with van der Waals surface area (Å²) in [6.07, 6.45) is 2.15. The van der Waals surface area contributed by atoms with Crippen molar-refractivity contribution in [1.29, 1.82) is 0 Å². The molecule has 2 N–H and O–H groups in total. The Kier molecular flexibility index (Phi) is 3.45. The monoisotopic (exact) mass is 318 g/mol. The molecule has 120 valence electrons. The van der Waals surface area contributed by atoms with Crippen molar-refractivity contribution in [2.24, 2.45) is 0 Å². The third kappa shape index (κ3) is 2.60.